The van der Waals surface area contributed by atoms with E-state index in [-0.39, 0.29) is 30.0 Å². The van der Waals surface area contributed by atoms with E-state index in [1.165, 1.54) is 0 Å². The van der Waals surface area contributed by atoms with Gasteiger partial charge in [0, 0.05) is 26.7 Å². The van der Waals surface area contributed by atoms with E-state index in [9.17, 15) is 0 Å². The van der Waals surface area contributed by atoms with Gasteiger partial charge in [-0.05, 0) is 31.5 Å². The number of guanidine groups is 1. The largest absolute Gasteiger partial charge is 0.493 e. The molecule has 0 aliphatic rings. The van der Waals surface area contributed by atoms with E-state index in [0.29, 0.717) is 19.8 Å². The summed E-state index contributed by atoms with van der Waals surface area (Å²) in [6, 6.07) is 6.07. The number of aliphatic imine (C=N–C) groups is 1. The summed E-state index contributed by atoms with van der Waals surface area (Å²) in [7, 11) is 5.06. The fourth-order valence-electron chi connectivity index (χ4n) is 2.00. The van der Waals surface area contributed by atoms with Crippen LogP contribution in [0.3, 0.4) is 0 Å². The third-order valence-corrected chi connectivity index (χ3v) is 3.01. The normalized spacial score (nSPS) is 12.1. The monoisotopic (exact) mass is 437 g/mol. The van der Waals surface area contributed by atoms with Crippen LogP contribution in [0.2, 0.25) is 0 Å². The molecule has 0 saturated carbocycles. The van der Waals surface area contributed by atoms with Crippen molar-refractivity contribution in [2.24, 2.45) is 4.99 Å². The summed E-state index contributed by atoms with van der Waals surface area (Å²) in [5.41, 5.74) is 1.09. The molecule has 1 rings (SSSR count). The van der Waals surface area contributed by atoms with Crippen LogP contribution in [0.25, 0.3) is 0 Å². The van der Waals surface area contributed by atoms with Crippen LogP contribution < -0.4 is 20.1 Å². The SMILES string of the molecule is CCOc1cc(CNC(=NC)NC(C)COC)ccc1OC.I. The Morgan fingerprint density at radius 2 is 2.00 bits per heavy atom. The van der Waals surface area contributed by atoms with Crippen molar-refractivity contribution >= 4 is 29.9 Å². The van der Waals surface area contributed by atoms with Crippen LogP contribution in [0, 0.1) is 0 Å². The van der Waals surface area contributed by atoms with Crippen LogP contribution in [0.15, 0.2) is 23.2 Å². The molecule has 2 N–H and O–H groups in total. The Morgan fingerprint density at radius 1 is 1.26 bits per heavy atom. The first-order valence-corrected chi connectivity index (χ1v) is 7.40. The summed E-state index contributed by atoms with van der Waals surface area (Å²) in [5, 5.41) is 6.53. The van der Waals surface area contributed by atoms with E-state index in [1.807, 2.05) is 32.0 Å². The molecule has 6 nitrogen and oxygen atoms in total. The molecule has 1 aromatic carbocycles. The predicted octanol–water partition coefficient (Wildman–Crippen LogP) is 2.41. The molecule has 0 aliphatic carbocycles. The minimum atomic E-state index is 0. The lowest BCUT2D eigenvalue weighted by atomic mass is 10.2. The van der Waals surface area contributed by atoms with E-state index < -0.39 is 0 Å². The van der Waals surface area contributed by atoms with E-state index in [1.54, 1.807) is 21.3 Å². The highest BCUT2D eigenvalue weighted by Crippen LogP contribution is 2.27. The van der Waals surface area contributed by atoms with Crippen molar-refractivity contribution in [3.8, 4) is 11.5 Å². The molecule has 7 heteroatoms. The van der Waals surface area contributed by atoms with Crippen molar-refractivity contribution in [2.75, 3.05) is 34.5 Å². The molecular weight excluding hydrogens is 409 g/mol. The first kappa shape index (κ1) is 21.8. The van der Waals surface area contributed by atoms with Gasteiger partial charge in [0.1, 0.15) is 0 Å². The molecule has 23 heavy (non-hydrogen) atoms. The second-order valence-corrected chi connectivity index (χ2v) is 4.84. The topological polar surface area (TPSA) is 64.1 Å². The van der Waals surface area contributed by atoms with E-state index in [4.69, 9.17) is 14.2 Å². The van der Waals surface area contributed by atoms with Gasteiger partial charge in [-0.1, -0.05) is 6.07 Å². The van der Waals surface area contributed by atoms with Crippen LogP contribution in [0.5, 0.6) is 11.5 Å². The zero-order chi connectivity index (χ0) is 16.4. The van der Waals surface area contributed by atoms with Crippen LogP contribution in [-0.4, -0.2) is 46.5 Å². The number of halogens is 1. The zero-order valence-corrected chi connectivity index (χ0v) is 16.8. The van der Waals surface area contributed by atoms with Crippen LogP contribution in [0.4, 0.5) is 0 Å². The van der Waals surface area contributed by atoms with Crippen molar-refractivity contribution in [2.45, 2.75) is 26.4 Å². The predicted molar refractivity (Wildman–Crippen MR) is 104 cm³/mol. The highest BCUT2D eigenvalue weighted by molar-refractivity contribution is 14.0. The Labute approximate surface area is 156 Å². The number of hydrogen-bond acceptors (Lipinski definition) is 4. The highest BCUT2D eigenvalue weighted by atomic mass is 127. The molecule has 0 bridgehead atoms. The Morgan fingerprint density at radius 3 is 2.57 bits per heavy atom. The second kappa shape index (κ2) is 12.2. The third kappa shape index (κ3) is 7.74. The summed E-state index contributed by atoms with van der Waals surface area (Å²) in [6.45, 7) is 5.86. The van der Waals surface area contributed by atoms with Gasteiger partial charge in [0.25, 0.3) is 0 Å². The van der Waals surface area contributed by atoms with Gasteiger partial charge in [0.15, 0.2) is 17.5 Å². The molecule has 0 heterocycles. The molecule has 0 aliphatic heterocycles. The fourth-order valence-corrected chi connectivity index (χ4v) is 2.00. The highest BCUT2D eigenvalue weighted by Gasteiger charge is 2.07. The molecular formula is C16H28IN3O3. The van der Waals surface area contributed by atoms with E-state index in [2.05, 4.69) is 15.6 Å². The molecule has 1 unspecified atom stereocenters. The lowest BCUT2D eigenvalue weighted by molar-refractivity contribution is 0.179. The maximum Gasteiger partial charge on any atom is 0.191 e. The van der Waals surface area contributed by atoms with Crippen molar-refractivity contribution < 1.29 is 14.2 Å². The van der Waals surface area contributed by atoms with Gasteiger partial charge in [-0.3, -0.25) is 4.99 Å². The Hall–Kier alpha value is -1.22. The van der Waals surface area contributed by atoms with Crippen LogP contribution in [-0.2, 0) is 11.3 Å². The van der Waals surface area contributed by atoms with Crippen molar-refractivity contribution in [3.05, 3.63) is 23.8 Å². The Kier molecular flexibility index (Phi) is 11.6. The van der Waals surface area contributed by atoms with Crippen LogP contribution in [0.1, 0.15) is 19.4 Å². The number of ether oxygens (including phenoxy) is 3. The van der Waals surface area contributed by atoms with Gasteiger partial charge in [-0.15, -0.1) is 24.0 Å². The molecule has 0 amide bonds. The lowest BCUT2D eigenvalue weighted by Crippen LogP contribution is -2.43. The zero-order valence-electron chi connectivity index (χ0n) is 14.5. The fraction of sp³-hybridized carbons (Fsp3) is 0.562. The van der Waals surface area contributed by atoms with Gasteiger partial charge in [0.2, 0.25) is 0 Å². The molecule has 0 aromatic heterocycles. The minimum absolute atomic E-state index is 0. The number of nitrogens with zero attached hydrogens (tertiary/aromatic N) is 1. The number of nitrogens with one attached hydrogen (secondary N) is 2. The number of hydrogen-bond donors (Lipinski definition) is 2. The van der Waals surface area contributed by atoms with Gasteiger partial charge >= 0.3 is 0 Å². The first-order valence-electron chi connectivity index (χ1n) is 7.40. The third-order valence-electron chi connectivity index (χ3n) is 3.01. The molecule has 132 valence electrons. The molecule has 0 spiro atoms. The van der Waals surface area contributed by atoms with Crippen molar-refractivity contribution in [1.82, 2.24) is 10.6 Å². The molecule has 0 saturated heterocycles. The van der Waals surface area contributed by atoms with Gasteiger partial charge in [0.05, 0.1) is 20.3 Å². The first-order chi connectivity index (χ1) is 10.6. The van der Waals surface area contributed by atoms with E-state index >= 15 is 0 Å². The molecule has 0 radical (unpaired) electrons. The quantitative estimate of drug-likeness (QED) is 0.372. The number of methoxy groups -OCH3 is 2. The average molecular weight is 437 g/mol. The van der Waals surface area contributed by atoms with Crippen molar-refractivity contribution in [3.63, 3.8) is 0 Å². The maximum absolute atomic E-state index is 5.58. The lowest BCUT2D eigenvalue weighted by Gasteiger charge is -2.17. The summed E-state index contributed by atoms with van der Waals surface area (Å²) in [4.78, 5) is 4.20. The smallest absolute Gasteiger partial charge is 0.191 e. The second-order valence-electron chi connectivity index (χ2n) is 4.84. The van der Waals surface area contributed by atoms with Crippen molar-refractivity contribution in [1.29, 1.82) is 0 Å². The van der Waals surface area contributed by atoms with Gasteiger partial charge < -0.3 is 24.8 Å². The number of rotatable bonds is 8. The molecule has 1 atom stereocenters. The number of benzene rings is 1. The summed E-state index contributed by atoms with van der Waals surface area (Å²) in [6.07, 6.45) is 0. The van der Waals surface area contributed by atoms with E-state index in [0.717, 1.165) is 23.0 Å². The minimum Gasteiger partial charge on any atom is -0.493 e. The average Bonchev–Trinajstić information content (AvgIpc) is 2.52. The Bertz CT molecular complexity index is 484. The maximum atomic E-state index is 5.58. The van der Waals surface area contributed by atoms with Crippen LogP contribution >= 0.6 is 24.0 Å². The van der Waals surface area contributed by atoms with Gasteiger partial charge in [-0.2, -0.15) is 0 Å². The standard InChI is InChI=1S/C16H27N3O3.HI/c1-6-22-15-9-13(7-8-14(15)21-5)10-18-16(17-3)19-12(2)11-20-4;/h7-9,12H,6,10-11H2,1-5H3,(H2,17,18,19);1H. The Balaban J connectivity index is 0.00000484. The van der Waals surface area contributed by atoms with Gasteiger partial charge in [-0.25, -0.2) is 0 Å². The molecule has 0 fully saturated rings. The summed E-state index contributed by atoms with van der Waals surface area (Å²) in [5.74, 6) is 2.22. The summed E-state index contributed by atoms with van der Waals surface area (Å²) < 4.78 is 16.0. The molecule has 1 aromatic rings. The summed E-state index contributed by atoms with van der Waals surface area (Å²) >= 11 is 0.